The van der Waals surface area contributed by atoms with Crippen molar-refractivity contribution in [1.29, 1.82) is 0 Å². The van der Waals surface area contributed by atoms with E-state index in [2.05, 4.69) is 5.32 Å². The van der Waals surface area contributed by atoms with E-state index >= 15 is 0 Å². The quantitative estimate of drug-likeness (QED) is 0.414. The van der Waals surface area contributed by atoms with Gasteiger partial charge in [0.15, 0.2) is 5.76 Å². The van der Waals surface area contributed by atoms with Crippen molar-refractivity contribution in [2.45, 2.75) is 38.9 Å². The predicted molar refractivity (Wildman–Crippen MR) is 132 cm³/mol. The number of allylic oxidation sites excluding steroid dienone is 1. The number of aromatic nitrogens is 1. The molecule has 0 unspecified atom stereocenters. The van der Waals surface area contributed by atoms with E-state index in [0.29, 0.717) is 19.4 Å². The van der Waals surface area contributed by atoms with Crippen LogP contribution in [0.3, 0.4) is 0 Å². The molecule has 3 N–H and O–H groups in total. The average Bonchev–Trinajstić information content (AvgIpc) is 3.24. The molecule has 0 radical (unpaired) electrons. The number of fused-ring (bicyclic) bond motifs is 1. The number of rotatable bonds is 8. The molecule has 8 heteroatoms. The Balaban J connectivity index is 1.80. The molecule has 3 aromatic rings. The molecule has 0 spiro atoms. The van der Waals surface area contributed by atoms with Gasteiger partial charge in [0, 0.05) is 43.6 Å². The van der Waals surface area contributed by atoms with Crippen molar-refractivity contribution >= 4 is 28.4 Å². The number of ether oxygens (including phenoxy) is 2. The Kier molecular flexibility index (Phi) is 7.53. The monoisotopic (exact) mass is 478 g/mol. The van der Waals surface area contributed by atoms with E-state index in [9.17, 15) is 19.8 Å². The van der Waals surface area contributed by atoms with Crippen LogP contribution in [0.2, 0.25) is 0 Å². The maximum atomic E-state index is 13.2. The number of benzene rings is 2. The third kappa shape index (κ3) is 5.08. The standard InChI is InChI=1S/C27H30N2O6/c1-3-34-27-19(10-8-14-30)20(21-16-29(17(2)31)23-12-6-4-9-18(21)23)15-25(35-27)26(33)28-22-11-5-7-13-24(22)32/h4-7,9,11-13,15-16,19-20,27,30,32H,3,8,10,14H2,1-2H3,(H,28,33)/t19-,20-,27+/m0/s1. The Morgan fingerprint density at radius 3 is 2.60 bits per heavy atom. The molecule has 1 aliphatic rings. The van der Waals surface area contributed by atoms with Crippen LogP contribution in [0.4, 0.5) is 5.69 Å². The van der Waals surface area contributed by atoms with Crippen LogP contribution in [-0.4, -0.2) is 46.1 Å². The van der Waals surface area contributed by atoms with Gasteiger partial charge in [-0.05, 0) is 49.6 Å². The number of aliphatic hydroxyl groups excluding tert-OH is 1. The van der Waals surface area contributed by atoms with Gasteiger partial charge in [-0.3, -0.25) is 14.2 Å². The van der Waals surface area contributed by atoms with Gasteiger partial charge in [-0.2, -0.15) is 0 Å². The van der Waals surface area contributed by atoms with Crippen LogP contribution < -0.4 is 5.32 Å². The van der Waals surface area contributed by atoms with Gasteiger partial charge in [-0.15, -0.1) is 0 Å². The first-order valence-electron chi connectivity index (χ1n) is 11.8. The topological polar surface area (TPSA) is 110 Å². The molecule has 4 rings (SSSR count). The summed E-state index contributed by atoms with van der Waals surface area (Å²) < 4.78 is 13.5. The second kappa shape index (κ2) is 10.8. The molecule has 2 aromatic carbocycles. The Bertz CT molecular complexity index is 1250. The van der Waals surface area contributed by atoms with Crippen molar-refractivity contribution in [2.24, 2.45) is 5.92 Å². The second-order valence-corrected chi connectivity index (χ2v) is 8.49. The van der Waals surface area contributed by atoms with Crippen LogP contribution in [-0.2, 0) is 14.3 Å². The summed E-state index contributed by atoms with van der Waals surface area (Å²) in [5, 5.41) is 23.2. The van der Waals surface area contributed by atoms with Gasteiger partial charge in [0.25, 0.3) is 5.91 Å². The number of hydrogen-bond acceptors (Lipinski definition) is 6. The first kappa shape index (κ1) is 24.5. The molecular weight excluding hydrogens is 448 g/mol. The second-order valence-electron chi connectivity index (χ2n) is 8.49. The van der Waals surface area contributed by atoms with Gasteiger partial charge in [0.1, 0.15) is 5.75 Å². The van der Waals surface area contributed by atoms with Crippen molar-refractivity contribution in [3.63, 3.8) is 0 Å². The van der Waals surface area contributed by atoms with Gasteiger partial charge in [-0.25, -0.2) is 0 Å². The lowest BCUT2D eigenvalue weighted by Crippen LogP contribution is -2.37. The molecule has 1 aliphatic heterocycles. The summed E-state index contributed by atoms with van der Waals surface area (Å²) in [4.78, 5) is 25.5. The lowest BCUT2D eigenvalue weighted by atomic mass is 9.80. The number of hydrogen-bond donors (Lipinski definition) is 3. The molecule has 0 fully saturated rings. The van der Waals surface area contributed by atoms with Crippen molar-refractivity contribution in [3.05, 3.63) is 72.1 Å². The van der Waals surface area contributed by atoms with E-state index in [1.54, 1.807) is 28.8 Å². The molecule has 2 heterocycles. The summed E-state index contributed by atoms with van der Waals surface area (Å²) in [6, 6.07) is 14.1. The molecule has 1 aromatic heterocycles. The van der Waals surface area contributed by atoms with Crippen LogP contribution in [0.25, 0.3) is 10.9 Å². The number of aromatic hydroxyl groups is 1. The molecule has 3 atom stereocenters. The highest BCUT2D eigenvalue weighted by molar-refractivity contribution is 6.03. The number of carbonyl (C=O) groups is 2. The number of amides is 1. The van der Waals surface area contributed by atoms with E-state index in [1.807, 2.05) is 37.4 Å². The number of anilines is 1. The van der Waals surface area contributed by atoms with Crippen LogP contribution in [0.15, 0.2) is 66.6 Å². The smallest absolute Gasteiger partial charge is 0.290 e. The molecule has 8 nitrogen and oxygen atoms in total. The first-order valence-corrected chi connectivity index (χ1v) is 11.8. The highest BCUT2D eigenvalue weighted by atomic mass is 16.7. The van der Waals surface area contributed by atoms with Crippen LogP contribution >= 0.6 is 0 Å². The molecular formula is C27H30N2O6. The predicted octanol–water partition coefficient (Wildman–Crippen LogP) is 4.39. The number of para-hydroxylation sites is 3. The van der Waals surface area contributed by atoms with Gasteiger partial charge < -0.3 is 25.0 Å². The van der Waals surface area contributed by atoms with Crippen LogP contribution in [0.1, 0.15) is 43.0 Å². The van der Waals surface area contributed by atoms with Crippen molar-refractivity contribution in [2.75, 3.05) is 18.5 Å². The fraction of sp³-hybridized carbons (Fsp3) is 0.333. The fourth-order valence-electron chi connectivity index (χ4n) is 4.62. The van der Waals surface area contributed by atoms with E-state index in [0.717, 1.165) is 16.5 Å². The molecule has 0 saturated heterocycles. The number of nitrogens with zero attached hydrogens (tertiary/aromatic N) is 1. The summed E-state index contributed by atoms with van der Waals surface area (Å²) in [7, 11) is 0. The number of aliphatic hydroxyl groups is 1. The zero-order valence-corrected chi connectivity index (χ0v) is 19.8. The zero-order chi connectivity index (χ0) is 24.9. The minimum Gasteiger partial charge on any atom is -0.506 e. The Morgan fingerprint density at radius 2 is 1.89 bits per heavy atom. The molecule has 1 amide bonds. The van der Waals surface area contributed by atoms with Crippen LogP contribution in [0, 0.1) is 5.92 Å². The summed E-state index contributed by atoms with van der Waals surface area (Å²) in [5.41, 5.74) is 1.92. The Labute approximate surface area is 203 Å². The summed E-state index contributed by atoms with van der Waals surface area (Å²) in [6.45, 7) is 3.74. The molecule has 184 valence electrons. The molecule has 0 bridgehead atoms. The Morgan fingerprint density at radius 1 is 1.14 bits per heavy atom. The van der Waals surface area contributed by atoms with Gasteiger partial charge in [0.05, 0.1) is 11.2 Å². The van der Waals surface area contributed by atoms with Gasteiger partial charge in [0.2, 0.25) is 12.2 Å². The average molecular weight is 479 g/mol. The highest BCUT2D eigenvalue weighted by Gasteiger charge is 2.39. The number of phenols is 1. The van der Waals surface area contributed by atoms with Crippen molar-refractivity contribution in [3.8, 4) is 5.75 Å². The lowest BCUT2D eigenvalue weighted by molar-refractivity contribution is -0.164. The van der Waals surface area contributed by atoms with Gasteiger partial charge >= 0.3 is 0 Å². The third-order valence-electron chi connectivity index (χ3n) is 6.23. The van der Waals surface area contributed by atoms with E-state index < -0.39 is 12.2 Å². The van der Waals surface area contributed by atoms with Gasteiger partial charge in [-0.1, -0.05) is 30.3 Å². The van der Waals surface area contributed by atoms with Crippen molar-refractivity contribution < 1.29 is 29.3 Å². The van der Waals surface area contributed by atoms with E-state index in [-0.39, 0.29) is 41.5 Å². The SMILES string of the molecule is CCO[C@@H]1OC(C(=O)Nc2ccccc2O)=C[C@H](c2cn(C(C)=O)c3ccccc23)[C@@H]1CCCO. The first-order chi connectivity index (χ1) is 16.9. The van der Waals surface area contributed by atoms with Crippen molar-refractivity contribution in [1.82, 2.24) is 4.57 Å². The van der Waals surface area contributed by atoms with E-state index in [1.165, 1.54) is 13.0 Å². The number of phenolic OH excluding ortho intramolecular Hbond substituents is 1. The van der Waals surface area contributed by atoms with Crippen LogP contribution in [0.5, 0.6) is 5.75 Å². The third-order valence-corrected chi connectivity index (χ3v) is 6.23. The summed E-state index contributed by atoms with van der Waals surface area (Å²) in [5.74, 6) is -1.14. The minimum atomic E-state index is -0.730. The summed E-state index contributed by atoms with van der Waals surface area (Å²) >= 11 is 0. The highest BCUT2D eigenvalue weighted by Crippen LogP contribution is 2.42. The zero-order valence-electron chi connectivity index (χ0n) is 19.8. The summed E-state index contributed by atoms with van der Waals surface area (Å²) in [6.07, 6.45) is 3.96. The fourth-order valence-corrected chi connectivity index (χ4v) is 4.62. The largest absolute Gasteiger partial charge is 0.506 e. The lowest BCUT2D eigenvalue weighted by Gasteiger charge is -2.36. The molecule has 35 heavy (non-hydrogen) atoms. The normalized spacial score (nSPS) is 19.7. The Hall–Kier alpha value is -3.62. The number of nitrogens with one attached hydrogen (secondary N) is 1. The minimum absolute atomic E-state index is 0.0155. The molecule has 0 saturated carbocycles. The maximum absolute atomic E-state index is 13.2. The molecule has 0 aliphatic carbocycles. The van der Waals surface area contributed by atoms with E-state index in [4.69, 9.17) is 9.47 Å². The maximum Gasteiger partial charge on any atom is 0.290 e. The number of carbonyl (C=O) groups excluding carboxylic acids is 2.